The average Bonchev–Trinajstić information content (AvgIpc) is 3.14. The molecule has 2 atom stereocenters. The highest BCUT2D eigenvalue weighted by Gasteiger charge is 2.55. The van der Waals surface area contributed by atoms with Gasteiger partial charge in [-0.1, -0.05) is 12.5 Å². The van der Waals surface area contributed by atoms with E-state index in [0.717, 1.165) is 51.0 Å². The Bertz CT molecular complexity index is 672. The zero-order chi connectivity index (χ0) is 17.7. The SMILES string of the molecule is Cc1cccnc1CN1CC[C@]2(CCC[C@@H]2C(=O)N2CC(F)(F)C2)C1. The van der Waals surface area contributed by atoms with E-state index in [0.29, 0.717) is 0 Å². The number of alkyl halides is 2. The summed E-state index contributed by atoms with van der Waals surface area (Å²) in [6, 6.07) is 4.01. The number of hydrogen-bond donors (Lipinski definition) is 0. The smallest absolute Gasteiger partial charge is 0.282 e. The van der Waals surface area contributed by atoms with Crippen molar-refractivity contribution in [2.45, 2.75) is 45.1 Å². The molecule has 3 fully saturated rings. The summed E-state index contributed by atoms with van der Waals surface area (Å²) >= 11 is 0. The first-order valence-electron chi connectivity index (χ1n) is 9.18. The lowest BCUT2D eigenvalue weighted by atomic mass is 9.76. The number of hydrogen-bond acceptors (Lipinski definition) is 3. The molecule has 6 heteroatoms. The van der Waals surface area contributed by atoms with Crippen molar-refractivity contribution >= 4 is 5.91 Å². The standard InChI is InChI=1S/C19H25F2N3O/c1-14-4-3-8-22-16(14)10-23-9-7-18(11-23)6-2-5-15(18)17(25)24-12-19(20,21)13-24/h3-4,8,15H,2,5-7,9-13H2,1H3/t15-,18-/m1/s1. The third-order valence-corrected chi connectivity index (χ3v) is 6.32. The van der Waals surface area contributed by atoms with Crippen LogP contribution < -0.4 is 0 Å². The predicted octanol–water partition coefficient (Wildman–Crippen LogP) is 2.86. The quantitative estimate of drug-likeness (QED) is 0.842. The van der Waals surface area contributed by atoms with Crippen molar-refractivity contribution < 1.29 is 13.6 Å². The minimum atomic E-state index is -2.68. The van der Waals surface area contributed by atoms with E-state index in [1.807, 2.05) is 12.3 Å². The fourth-order valence-corrected chi connectivity index (χ4v) is 4.92. The summed E-state index contributed by atoms with van der Waals surface area (Å²) in [5.74, 6) is -2.81. The van der Waals surface area contributed by atoms with E-state index in [4.69, 9.17) is 0 Å². The Morgan fingerprint density at radius 2 is 2.12 bits per heavy atom. The molecule has 0 N–H and O–H groups in total. The van der Waals surface area contributed by atoms with E-state index in [2.05, 4.69) is 22.9 Å². The van der Waals surface area contributed by atoms with Crippen molar-refractivity contribution in [3.05, 3.63) is 29.6 Å². The molecular weight excluding hydrogens is 324 g/mol. The molecule has 4 rings (SSSR count). The fourth-order valence-electron chi connectivity index (χ4n) is 4.92. The first-order valence-corrected chi connectivity index (χ1v) is 9.18. The molecule has 1 aliphatic carbocycles. The van der Waals surface area contributed by atoms with Gasteiger partial charge in [0.15, 0.2) is 0 Å². The first kappa shape index (κ1) is 16.9. The van der Waals surface area contributed by atoms with Gasteiger partial charge in [-0.2, -0.15) is 0 Å². The number of carbonyl (C=O) groups is 1. The van der Waals surface area contributed by atoms with Crippen LogP contribution in [-0.2, 0) is 11.3 Å². The Morgan fingerprint density at radius 1 is 1.32 bits per heavy atom. The van der Waals surface area contributed by atoms with Gasteiger partial charge in [-0.05, 0) is 49.8 Å². The lowest BCUT2D eigenvalue weighted by molar-refractivity contribution is -0.172. The number of pyridine rings is 1. The number of halogens is 2. The maximum absolute atomic E-state index is 13.1. The number of rotatable bonds is 3. The highest BCUT2D eigenvalue weighted by atomic mass is 19.3. The Kier molecular flexibility index (Phi) is 4.06. The number of likely N-dealkylation sites (tertiary alicyclic amines) is 2. The van der Waals surface area contributed by atoms with Crippen LogP contribution in [0.2, 0.25) is 0 Å². The van der Waals surface area contributed by atoms with Crippen molar-refractivity contribution in [3.63, 3.8) is 0 Å². The van der Waals surface area contributed by atoms with Crippen LogP contribution in [0.4, 0.5) is 8.78 Å². The topological polar surface area (TPSA) is 36.4 Å². The van der Waals surface area contributed by atoms with Crippen LogP contribution in [0.15, 0.2) is 18.3 Å². The molecule has 1 aromatic heterocycles. The first-order chi connectivity index (χ1) is 11.9. The van der Waals surface area contributed by atoms with Crippen LogP contribution in [0, 0.1) is 18.3 Å². The highest BCUT2D eigenvalue weighted by molar-refractivity contribution is 5.81. The molecule has 136 valence electrons. The van der Waals surface area contributed by atoms with Gasteiger partial charge in [-0.15, -0.1) is 0 Å². The van der Waals surface area contributed by atoms with Crippen molar-refractivity contribution in [3.8, 4) is 0 Å². The largest absolute Gasteiger partial charge is 0.330 e. The number of carbonyl (C=O) groups excluding carboxylic acids is 1. The minimum absolute atomic E-state index is 0.0232. The molecule has 2 aliphatic heterocycles. The Balaban J connectivity index is 1.43. The molecule has 1 saturated carbocycles. The summed E-state index contributed by atoms with van der Waals surface area (Å²) in [5, 5.41) is 0. The molecule has 0 bridgehead atoms. The van der Waals surface area contributed by atoms with Gasteiger partial charge in [0, 0.05) is 25.2 Å². The fraction of sp³-hybridized carbons (Fsp3) is 0.684. The summed E-state index contributed by atoms with van der Waals surface area (Å²) < 4.78 is 26.3. The van der Waals surface area contributed by atoms with E-state index in [1.165, 1.54) is 10.5 Å². The van der Waals surface area contributed by atoms with Gasteiger partial charge in [-0.25, -0.2) is 8.78 Å². The van der Waals surface area contributed by atoms with Gasteiger partial charge in [0.2, 0.25) is 5.91 Å². The van der Waals surface area contributed by atoms with Gasteiger partial charge in [-0.3, -0.25) is 14.7 Å². The van der Waals surface area contributed by atoms with Crippen LogP contribution in [0.1, 0.15) is 36.9 Å². The van der Waals surface area contributed by atoms with Gasteiger partial charge in [0.25, 0.3) is 5.92 Å². The maximum Gasteiger partial charge on any atom is 0.282 e. The van der Waals surface area contributed by atoms with Gasteiger partial charge < -0.3 is 4.90 Å². The van der Waals surface area contributed by atoms with Crippen LogP contribution in [0.5, 0.6) is 0 Å². The third-order valence-electron chi connectivity index (χ3n) is 6.32. The summed E-state index contributed by atoms with van der Waals surface area (Å²) in [7, 11) is 0. The minimum Gasteiger partial charge on any atom is -0.330 e. The third kappa shape index (κ3) is 3.05. The van der Waals surface area contributed by atoms with Gasteiger partial charge >= 0.3 is 0 Å². The molecule has 25 heavy (non-hydrogen) atoms. The second-order valence-corrected chi connectivity index (χ2v) is 8.09. The van der Waals surface area contributed by atoms with Crippen molar-refractivity contribution in [1.29, 1.82) is 0 Å². The van der Waals surface area contributed by atoms with E-state index in [-0.39, 0.29) is 17.2 Å². The molecule has 0 aromatic carbocycles. The number of aromatic nitrogens is 1. The zero-order valence-corrected chi connectivity index (χ0v) is 14.7. The monoisotopic (exact) mass is 349 g/mol. The zero-order valence-electron chi connectivity index (χ0n) is 14.7. The molecular formula is C19H25F2N3O. The molecule has 0 radical (unpaired) electrons. The van der Waals surface area contributed by atoms with Crippen molar-refractivity contribution in [2.75, 3.05) is 26.2 Å². The highest BCUT2D eigenvalue weighted by Crippen LogP contribution is 2.51. The van der Waals surface area contributed by atoms with Gasteiger partial charge in [0.05, 0.1) is 18.8 Å². The molecule has 1 amide bonds. The van der Waals surface area contributed by atoms with E-state index >= 15 is 0 Å². The van der Waals surface area contributed by atoms with Crippen LogP contribution in [-0.4, -0.2) is 52.8 Å². The molecule has 0 unspecified atom stereocenters. The average molecular weight is 349 g/mol. The lowest BCUT2D eigenvalue weighted by Gasteiger charge is -2.42. The Hall–Kier alpha value is -1.56. The maximum atomic E-state index is 13.1. The molecule has 4 nitrogen and oxygen atoms in total. The molecule has 1 aromatic rings. The summed E-state index contributed by atoms with van der Waals surface area (Å²) in [5.41, 5.74) is 2.25. The molecule has 3 heterocycles. The molecule has 3 aliphatic rings. The van der Waals surface area contributed by atoms with E-state index in [1.54, 1.807) is 0 Å². The van der Waals surface area contributed by atoms with Crippen LogP contribution in [0.3, 0.4) is 0 Å². The second-order valence-electron chi connectivity index (χ2n) is 8.09. The van der Waals surface area contributed by atoms with Crippen LogP contribution >= 0.6 is 0 Å². The Morgan fingerprint density at radius 3 is 2.84 bits per heavy atom. The van der Waals surface area contributed by atoms with Crippen molar-refractivity contribution in [2.24, 2.45) is 11.3 Å². The molecule has 2 saturated heterocycles. The Labute approximate surface area is 147 Å². The number of aryl methyl sites for hydroxylation is 1. The summed E-state index contributed by atoms with van der Waals surface area (Å²) in [6.45, 7) is 3.92. The van der Waals surface area contributed by atoms with Gasteiger partial charge in [0.1, 0.15) is 0 Å². The normalized spacial score (nSPS) is 31.5. The molecule has 1 spiro atoms. The van der Waals surface area contributed by atoms with E-state index in [9.17, 15) is 13.6 Å². The second kappa shape index (κ2) is 6.01. The predicted molar refractivity (Wildman–Crippen MR) is 90.2 cm³/mol. The van der Waals surface area contributed by atoms with Crippen LogP contribution in [0.25, 0.3) is 0 Å². The summed E-state index contributed by atoms with van der Waals surface area (Å²) in [6.07, 6.45) is 5.71. The van der Waals surface area contributed by atoms with Crippen molar-refractivity contribution in [1.82, 2.24) is 14.8 Å². The lowest BCUT2D eigenvalue weighted by Crippen LogP contribution is -2.60. The van der Waals surface area contributed by atoms with E-state index < -0.39 is 19.0 Å². The number of amides is 1. The number of nitrogens with zero attached hydrogens (tertiary/aromatic N) is 3. The summed E-state index contributed by atoms with van der Waals surface area (Å²) in [4.78, 5) is 21.0.